The molecule has 42 valence electrons. The molecular formula is C4H4N2OS. The lowest BCUT2D eigenvalue weighted by molar-refractivity contribution is 0.469. The van der Waals surface area contributed by atoms with Crippen LogP contribution in [0.2, 0.25) is 0 Å². The largest absolute Gasteiger partial charge is 0.505 e. The minimum Gasteiger partial charge on any atom is -0.505 e. The molecule has 0 saturated carbocycles. The summed E-state index contributed by atoms with van der Waals surface area (Å²) in [6.07, 6.45) is 2.67. The molecule has 2 N–H and O–H groups in total. The summed E-state index contributed by atoms with van der Waals surface area (Å²) >= 11 is 4.59. The van der Waals surface area contributed by atoms with Crippen LogP contribution in [0.5, 0.6) is 5.75 Å². The Bertz CT molecular complexity index is 211. The number of hydrogen-bond acceptors (Lipinski definition) is 3. The minimum atomic E-state index is 0.0959. The molecule has 0 radical (unpaired) electrons. The van der Waals surface area contributed by atoms with Gasteiger partial charge in [-0.25, -0.2) is 4.98 Å². The van der Waals surface area contributed by atoms with Crippen LogP contribution in [0.15, 0.2) is 12.4 Å². The van der Waals surface area contributed by atoms with E-state index in [1.165, 1.54) is 12.4 Å². The smallest absolute Gasteiger partial charge is 0.196 e. The molecule has 0 aromatic carbocycles. The molecule has 1 aromatic rings. The first-order chi connectivity index (χ1) is 3.79. The predicted molar refractivity (Wildman–Crippen MR) is 31.1 cm³/mol. The fourth-order valence-electron chi connectivity index (χ4n) is 0.335. The fourth-order valence-corrected chi connectivity index (χ4v) is 0.447. The van der Waals surface area contributed by atoms with E-state index in [1.807, 2.05) is 0 Å². The van der Waals surface area contributed by atoms with E-state index in [0.717, 1.165) is 0 Å². The predicted octanol–water partition coefficient (Wildman–Crippen LogP) is 0.845. The Morgan fingerprint density at radius 1 is 1.75 bits per heavy atom. The summed E-state index contributed by atoms with van der Waals surface area (Å²) in [5.74, 6) is 0.0959. The summed E-state index contributed by atoms with van der Waals surface area (Å²) in [4.78, 5) is 6.14. The van der Waals surface area contributed by atoms with Crippen molar-refractivity contribution in [2.75, 3.05) is 0 Å². The van der Waals surface area contributed by atoms with Gasteiger partial charge in [0.1, 0.15) is 5.75 Å². The summed E-state index contributed by atoms with van der Waals surface area (Å²) in [6.45, 7) is 0. The summed E-state index contributed by atoms with van der Waals surface area (Å²) in [5.41, 5.74) is 0. The number of hydrogen-bond donors (Lipinski definition) is 2. The highest BCUT2D eigenvalue weighted by Gasteiger charge is 1.80. The number of H-pyrrole nitrogens is 1. The molecule has 0 amide bonds. The average Bonchev–Trinajstić information content (AvgIpc) is 1.77. The zero-order valence-electron chi connectivity index (χ0n) is 3.96. The second kappa shape index (κ2) is 1.92. The van der Waals surface area contributed by atoms with Gasteiger partial charge >= 0.3 is 0 Å². The third-order valence-electron chi connectivity index (χ3n) is 0.658. The lowest BCUT2D eigenvalue weighted by Gasteiger charge is -1.84. The Balaban J connectivity index is 3.22. The standard InChI is InChI=1S/C4H4N2OS/c7-3-1-5-4(8)6-2-3/h1-2,7H,(H,5,6,8). The van der Waals surface area contributed by atoms with Crippen LogP contribution in [-0.4, -0.2) is 15.1 Å². The van der Waals surface area contributed by atoms with E-state index >= 15 is 0 Å². The first kappa shape index (κ1) is 5.24. The molecule has 3 nitrogen and oxygen atoms in total. The van der Waals surface area contributed by atoms with Crippen molar-refractivity contribution in [2.24, 2.45) is 0 Å². The number of nitrogens with zero attached hydrogens (tertiary/aromatic N) is 1. The highest BCUT2D eigenvalue weighted by molar-refractivity contribution is 7.71. The van der Waals surface area contributed by atoms with Crippen molar-refractivity contribution in [3.63, 3.8) is 0 Å². The van der Waals surface area contributed by atoms with E-state index in [9.17, 15) is 0 Å². The molecular weight excluding hydrogens is 124 g/mol. The van der Waals surface area contributed by atoms with Crippen molar-refractivity contribution >= 4 is 12.2 Å². The van der Waals surface area contributed by atoms with E-state index in [-0.39, 0.29) is 5.75 Å². The van der Waals surface area contributed by atoms with Gasteiger partial charge in [0.15, 0.2) is 4.77 Å². The van der Waals surface area contributed by atoms with Crippen LogP contribution in [0.3, 0.4) is 0 Å². The summed E-state index contributed by atoms with van der Waals surface area (Å²) in [5, 5.41) is 8.62. The van der Waals surface area contributed by atoms with Crippen LogP contribution in [-0.2, 0) is 0 Å². The lowest BCUT2D eigenvalue weighted by Crippen LogP contribution is -1.75. The molecule has 0 spiro atoms. The molecule has 0 aliphatic carbocycles. The first-order valence-electron chi connectivity index (χ1n) is 2.03. The van der Waals surface area contributed by atoms with Crippen LogP contribution < -0.4 is 0 Å². The number of aromatic hydroxyl groups is 1. The molecule has 0 atom stereocenters. The van der Waals surface area contributed by atoms with Crippen LogP contribution in [0.1, 0.15) is 0 Å². The first-order valence-corrected chi connectivity index (χ1v) is 2.43. The molecule has 0 unspecified atom stereocenters. The molecule has 0 aliphatic rings. The van der Waals surface area contributed by atoms with Crippen molar-refractivity contribution in [2.45, 2.75) is 0 Å². The van der Waals surface area contributed by atoms with Crippen molar-refractivity contribution < 1.29 is 5.11 Å². The molecule has 0 saturated heterocycles. The SMILES string of the molecule is Oc1cnc(=S)[nH]c1. The van der Waals surface area contributed by atoms with E-state index in [2.05, 4.69) is 22.2 Å². The zero-order valence-corrected chi connectivity index (χ0v) is 4.77. The van der Waals surface area contributed by atoms with Gasteiger partial charge in [0, 0.05) is 6.20 Å². The lowest BCUT2D eigenvalue weighted by atomic mass is 10.6. The maximum absolute atomic E-state index is 8.62. The van der Waals surface area contributed by atoms with Crippen LogP contribution in [0.25, 0.3) is 0 Å². The number of aromatic nitrogens is 2. The molecule has 0 fully saturated rings. The summed E-state index contributed by atoms with van der Waals surface area (Å²) in [6, 6.07) is 0. The highest BCUT2D eigenvalue weighted by atomic mass is 32.1. The van der Waals surface area contributed by atoms with Crippen molar-refractivity contribution in [3.8, 4) is 5.75 Å². The molecule has 4 heteroatoms. The van der Waals surface area contributed by atoms with Gasteiger partial charge in [0.25, 0.3) is 0 Å². The number of aromatic amines is 1. The van der Waals surface area contributed by atoms with Gasteiger partial charge in [-0.1, -0.05) is 0 Å². The third-order valence-corrected chi connectivity index (χ3v) is 0.881. The van der Waals surface area contributed by atoms with Gasteiger partial charge in [-0.2, -0.15) is 0 Å². The zero-order chi connectivity index (χ0) is 5.98. The van der Waals surface area contributed by atoms with Crippen molar-refractivity contribution in [1.29, 1.82) is 0 Å². The van der Waals surface area contributed by atoms with Crippen molar-refractivity contribution in [1.82, 2.24) is 9.97 Å². The van der Waals surface area contributed by atoms with E-state index < -0.39 is 0 Å². The fraction of sp³-hybridized carbons (Fsp3) is 0. The molecule has 1 heterocycles. The van der Waals surface area contributed by atoms with Crippen LogP contribution in [0.4, 0.5) is 0 Å². The molecule has 0 bridgehead atoms. The van der Waals surface area contributed by atoms with E-state index in [4.69, 9.17) is 5.11 Å². The number of nitrogens with one attached hydrogen (secondary N) is 1. The topological polar surface area (TPSA) is 48.9 Å². The Hall–Kier alpha value is -0.900. The Kier molecular flexibility index (Phi) is 1.26. The molecule has 0 aliphatic heterocycles. The van der Waals surface area contributed by atoms with Gasteiger partial charge in [0.05, 0.1) is 6.20 Å². The van der Waals surface area contributed by atoms with Gasteiger partial charge in [-0.15, -0.1) is 0 Å². The second-order valence-corrected chi connectivity index (χ2v) is 1.66. The van der Waals surface area contributed by atoms with Crippen molar-refractivity contribution in [3.05, 3.63) is 17.2 Å². The maximum atomic E-state index is 8.62. The molecule has 8 heavy (non-hydrogen) atoms. The quantitative estimate of drug-likeness (QED) is 0.509. The normalized spacial score (nSPS) is 9.00. The van der Waals surface area contributed by atoms with Gasteiger partial charge in [0.2, 0.25) is 0 Å². The second-order valence-electron chi connectivity index (χ2n) is 1.28. The van der Waals surface area contributed by atoms with Gasteiger partial charge in [-0.05, 0) is 12.2 Å². The minimum absolute atomic E-state index is 0.0959. The number of rotatable bonds is 0. The van der Waals surface area contributed by atoms with Gasteiger partial charge < -0.3 is 10.1 Å². The maximum Gasteiger partial charge on any atom is 0.196 e. The van der Waals surface area contributed by atoms with E-state index in [0.29, 0.717) is 4.77 Å². The Morgan fingerprint density at radius 3 is 2.88 bits per heavy atom. The van der Waals surface area contributed by atoms with Crippen LogP contribution >= 0.6 is 12.2 Å². The third kappa shape index (κ3) is 1.04. The Morgan fingerprint density at radius 2 is 2.50 bits per heavy atom. The highest BCUT2D eigenvalue weighted by Crippen LogP contribution is 1.98. The Labute approximate surface area is 51.0 Å². The molecule has 1 aromatic heterocycles. The summed E-state index contributed by atoms with van der Waals surface area (Å²) < 4.78 is 0.378. The van der Waals surface area contributed by atoms with E-state index in [1.54, 1.807) is 0 Å². The van der Waals surface area contributed by atoms with Crippen LogP contribution in [0, 0.1) is 4.77 Å². The average molecular weight is 128 g/mol. The summed E-state index contributed by atoms with van der Waals surface area (Å²) in [7, 11) is 0. The molecule has 1 rings (SSSR count). The van der Waals surface area contributed by atoms with Gasteiger partial charge in [-0.3, -0.25) is 0 Å². The monoisotopic (exact) mass is 128 g/mol.